The van der Waals surface area contributed by atoms with Gasteiger partial charge in [0.25, 0.3) is 0 Å². The van der Waals surface area contributed by atoms with Crippen LogP contribution < -0.4 is 15.5 Å². The lowest BCUT2D eigenvalue weighted by atomic mass is 10.1. The second-order valence-corrected chi connectivity index (χ2v) is 6.52. The summed E-state index contributed by atoms with van der Waals surface area (Å²) in [7, 11) is 0. The first kappa shape index (κ1) is 16.4. The fourth-order valence-corrected chi connectivity index (χ4v) is 3.57. The highest BCUT2D eigenvalue weighted by atomic mass is 32.1. The summed E-state index contributed by atoms with van der Waals surface area (Å²) in [5.74, 6) is 0.162. The highest BCUT2D eigenvalue weighted by molar-refractivity contribution is 7.13. The van der Waals surface area contributed by atoms with Gasteiger partial charge in [-0.15, -0.1) is 11.3 Å². The summed E-state index contributed by atoms with van der Waals surface area (Å²) in [6.45, 7) is 5.11. The molecule has 1 fully saturated rings. The van der Waals surface area contributed by atoms with Gasteiger partial charge >= 0.3 is 5.97 Å². The first-order valence-corrected chi connectivity index (χ1v) is 8.66. The van der Waals surface area contributed by atoms with Crippen LogP contribution >= 0.6 is 11.3 Å². The first-order valence-electron chi connectivity index (χ1n) is 7.79. The maximum atomic E-state index is 10.9. The van der Waals surface area contributed by atoms with Crippen LogP contribution in [0.3, 0.4) is 0 Å². The van der Waals surface area contributed by atoms with Gasteiger partial charge in [-0.1, -0.05) is 0 Å². The number of aliphatic carboxylic acids is 1. The first-order chi connectivity index (χ1) is 11.5. The normalized spacial score (nSPS) is 14.9. The van der Waals surface area contributed by atoms with E-state index in [9.17, 15) is 4.79 Å². The van der Waals surface area contributed by atoms with Crippen LogP contribution in [0.25, 0.3) is 0 Å². The van der Waals surface area contributed by atoms with Gasteiger partial charge < -0.3 is 20.6 Å². The Balaban J connectivity index is 1.77. The summed E-state index contributed by atoms with van der Waals surface area (Å²) < 4.78 is 0. The standard InChI is InChI=1S/C15H20N6O2S/c1-10-11(2-3-12(22)23)13(19-14(16)18-10)20-5-7-21(8-6-20)15-17-4-9-24-15/h4,9H,2-3,5-8H2,1H3,(H,22,23)(H2,16,18,19). The van der Waals surface area contributed by atoms with Crippen molar-refractivity contribution in [2.24, 2.45) is 0 Å². The molecular weight excluding hydrogens is 328 g/mol. The lowest BCUT2D eigenvalue weighted by molar-refractivity contribution is -0.136. The molecule has 2 aromatic heterocycles. The largest absolute Gasteiger partial charge is 0.481 e. The molecule has 0 radical (unpaired) electrons. The summed E-state index contributed by atoms with van der Waals surface area (Å²) >= 11 is 1.63. The summed E-state index contributed by atoms with van der Waals surface area (Å²) in [6, 6.07) is 0. The number of piperazine rings is 1. The molecule has 3 rings (SSSR count). The Hall–Kier alpha value is -2.42. The van der Waals surface area contributed by atoms with Crippen molar-refractivity contribution in [3.8, 4) is 0 Å². The van der Waals surface area contributed by atoms with Crippen LogP contribution in [0.4, 0.5) is 16.9 Å². The molecule has 0 amide bonds. The van der Waals surface area contributed by atoms with Crippen molar-refractivity contribution >= 4 is 34.2 Å². The Morgan fingerprint density at radius 3 is 2.62 bits per heavy atom. The number of aryl methyl sites for hydroxylation is 1. The van der Waals surface area contributed by atoms with Gasteiger partial charge in [-0.25, -0.2) is 9.97 Å². The Bertz CT molecular complexity index is 713. The molecule has 1 saturated heterocycles. The van der Waals surface area contributed by atoms with Gasteiger partial charge in [-0.05, 0) is 13.3 Å². The Morgan fingerprint density at radius 2 is 2.00 bits per heavy atom. The molecule has 3 heterocycles. The number of anilines is 3. The molecule has 9 heteroatoms. The molecule has 24 heavy (non-hydrogen) atoms. The van der Waals surface area contributed by atoms with E-state index in [1.807, 2.05) is 18.5 Å². The minimum atomic E-state index is -0.828. The summed E-state index contributed by atoms with van der Waals surface area (Å²) in [5, 5.41) is 12.0. The molecule has 0 spiro atoms. The number of carbonyl (C=O) groups is 1. The number of nitrogen functional groups attached to an aromatic ring is 1. The number of nitrogens with zero attached hydrogens (tertiary/aromatic N) is 5. The summed E-state index contributed by atoms with van der Waals surface area (Å²) in [4.78, 5) is 28.3. The zero-order chi connectivity index (χ0) is 17.1. The molecular formula is C15H20N6O2S. The number of carboxylic acid groups (broad SMARTS) is 1. The number of nitrogens with two attached hydrogens (primary N) is 1. The predicted octanol–water partition coefficient (Wildman–Crippen LogP) is 1.17. The fourth-order valence-electron chi connectivity index (χ4n) is 2.87. The van der Waals surface area contributed by atoms with Gasteiger partial charge in [0.15, 0.2) is 5.13 Å². The maximum Gasteiger partial charge on any atom is 0.303 e. The number of aromatic nitrogens is 3. The average Bonchev–Trinajstić information content (AvgIpc) is 3.08. The Labute approximate surface area is 144 Å². The van der Waals surface area contributed by atoms with Crippen molar-refractivity contribution in [3.63, 3.8) is 0 Å². The van der Waals surface area contributed by atoms with E-state index in [-0.39, 0.29) is 12.4 Å². The monoisotopic (exact) mass is 348 g/mol. The lowest BCUT2D eigenvalue weighted by Crippen LogP contribution is -2.47. The molecule has 1 aliphatic heterocycles. The van der Waals surface area contributed by atoms with Gasteiger partial charge in [0.1, 0.15) is 5.82 Å². The van der Waals surface area contributed by atoms with Gasteiger partial charge in [0, 0.05) is 55.4 Å². The third-order valence-corrected chi connectivity index (χ3v) is 4.90. The maximum absolute atomic E-state index is 10.9. The average molecular weight is 348 g/mol. The SMILES string of the molecule is Cc1nc(N)nc(N2CCN(c3nccs3)CC2)c1CCC(=O)O. The van der Waals surface area contributed by atoms with Gasteiger partial charge in [0.05, 0.1) is 0 Å². The van der Waals surface area contributed by atoms with Crippen LogP contribution in [0.2, 0.25) is 0 Å². The molecule has 0 atom stereocenters. The van der Waals surface area contributed by atoms with Crippen molar-refractivity contribution in [2.75, 3.05) is 41.7 Å². The molecule has 0 aliphatic carbocycles. The van der Waals surface area contributed by atoms with Crippen molar-refractivity contribution in [1.29, 1.82) is 0 Å². The highest BCUT2D eigenvalue weighted by Crippen LogP contribution is 2.26. The Morgan fingerprint density at radius 1 is 1.29 bits per heavy atom. The zero-order valence-corrected chi connectivity index (χ0v) is 14.3. The molecule has 3 N–H and O–H groups in total. The third kappa shape index (κ3) is 3.56. The second-order valence-electron chi connectivity index (χ2n) is 5.65. The van der Waals surface area contributed by atoms with Crippen LogP contribution in [0.15, 0.2) is 11.6 Å². The van der Waals surface area contributed by atoms with Crippen molar-refractivity contribution in [2.45, 2.75) is 19.8 Å². The minimum absolute atomic E-state index is 0.0558. The highest BCUT2D eigenvalue weighted by Gasteiger charge is 2.23. The smallest absolute Gasteiger partial charge is 0.303 e. The molecule has 2 aromatic rings. The number of hydrogen-bond acceptors (Lipinski definition) is 8. The quantitative estimate of drug-likeness (QED) is 0.829. The number of rotatable bonds is 5. The van der Waals surface area contributed by atoms with Crippen LogP contribution in [-0.4, -0.2) is 52.2 Å². The fraction of sp³-hybridized carbons (Fsp3) is 0.467. The summed E-state index contributed by atoms with van der Waals surface area (Å²) in [6.07, 6.45) is 2.27. The van der Waals surface area contributed by atoms with Crippen LogP contribution in [0.5, 0.6) is 0 Å². The van der Waals surface area contributed by atoms with Crippen LogP contribution in [0, 0.1) is 6.92 Å². The number of carboxylic acids is 1. The number of thiazole rings is 1. The van der Waals surface area contributed by atoms with Crippen molar-refractivity contribution in [1.82, 2.24) is 15.0 Å². The molecule has 0 saturated carbocycles. The molecule has 0 aromatic carbocycles. The van der Waals surface area contributed by atoms with E-state index in [4.69, 9.17) is 10.8 Å². The topological polar surface area (TPSA) is 108 Å². The lowest BCUT2D eigenvalue weighted by Gasteiger charge is -2.36. The predicted molar refractivity (Wildman–Crippen MR) is 93.7 cm³/mol. The van der Waals surface area contributed by atoms with E-state index in [2.05, 4.69) is 24.8 Å². The van der Waals surface area contributed by atoms with E-state index in [1.165, 1.54) is 0 Å². The summed E-state index contributed by atoms with van der Waals surface area (Å²) in [5.41, 5.74) is 7.43. The molecule has 128 valence electrons. The van der Waals surface area contributed by atoms with Crippen LogP contribution in [0.1, 0.15) is 17.7 Å². The van der Waals surface area contributed by atoms with Gasteiger partial charge in [-0.2, -0.15) is 4.98 Å². The van der Waals surface area contributed by atoms with Crippen molar-refractivity contribution in [3.05, 3.63) is 22.8 Å². The molecule has 8 nitrogen and oxygen atoms in total. The third-order valence-electron chi connectivity index (χ3n) is 4.07. The van der Waals surface area contributed by atoms with E-state index < -0.39 is 5.97 Å². The molecule has 1 aliphatic rings. The molecule has 0 unspecified atom stereocenters. The zero-order valence-electron chi connectivity index (χ0n) is 13.5. The van der Waals surface area contributed by atoms with E-state index >= 15 is 0 Å². The van der Waals surface area contributed by atoms with E-state index in [0.29, 0.717) is 6.42 Å². The van der Waals surface area contributed by atoms with Gasteiger partial charge in [0.2, 0.25) is 5.95 Å². The minimum Gasteiger partial charge on any atom is -0.481 e. The van der Waals surface area contributed by atoms with E-state index in [1.54, 1.807) is 11.3 Å². The number of hydrogen-bond donors (Lipinski definition) is 2. The molecule has 0 bridgehead atoms. The van der Waals surface area contributed by atoms with E-state index in [0.717, 1.165) is 48.4 Å². The second kappa shape index (κ2) is 7.00. The van der Waals surface area contributed by atoms with Gasteiger partial charge in [-0.3, -0.25) is 4.79 Å². The van der Waals surface area contributed by atoms with Crippen molar-refractivity contribution < 1.29 is 9.90 Å². The Kier molecular flexibility index (Phi) is 4.79. The van der Waals surface area contributed by atoms with Crippen LogP contribution in [-0.2, 0) is 11.2 Å².